The van der Waals surface area contributed by atoms with Gasteiger partial charge < -0.3 is 33.8 Å². The Kier molecular flexibility index (Phi) is 68.4. The number of carbonyl (C=O) groups excluding carboxylic acids is 4. The molecule has 0 aliphatic heterocycles. The van der Waals surface area contributed by atoms with Gasteiger partial charge in [0.2, 0.25) is 0 Å². The molecular weight excluding hydrogens is 1270 g/mol. The van der Waals surface area contributed by atoms with Crippen LogP contribution in [0.25, 0.3) is 0 Å². The molecule has 19 heteroatoms. The van der Waals surface area contributed by atoms with Crippen molar-refractivity contribution in [3.63, 3.8) is 0 Å². The van der Waals surface area contributed by atoms with Gasteiger partial charge in [-0.25, -0.2) is 9.13 Å². The zero-order valence-electron chi connectivity index (χ0n) is 63.4. The summed E-state index contributed by atoms with van der Waals surface area (Å²) in [7, 11) is -9.91. The van der Waals surface area contributed by atoms with Gasteiger partial charge in [-0.2, -0.15) is 0 Å². The molecule has 0 amide bonds. The molecule has 0 heterocycles. The van der Waals surface area contributed by atoms with Crippen LogP contribution in [-0.2, 0) is 65.4 Å². The van der Waals surface area contributed by atoms with Gasteiger partial charge in [0, 0.05) is 25.7 Å². The van der Waals surface area contributed by atoms with E-state index >= 15 is 0 Å². The van der Waals surface area contributed by atoms with E-state index < -0.39 is 97.5 Å². The molecule has 3 unspecified atom stereocenters. The Hall–Kier alpha value is -1.94. The largest absolute Gasteiger partial charge is 0.472 e. The molecule has 0 fully saturated rings. The molecule has 17 nitrogen and oxygen atoms in total. The van der Waals surface area contributed by atoms with E-state index in [1.165, 1.54) is 218 Å². The fraction of sp³-hybridized carbons (Fsp3) is 0.949. The summed E-state index contributed by atoms with van der Waals surface area (Å²) in [6.45, 7) is 9.57. The van der Waals surface area contributed by atoms with Crippen molar-refractivity contribution in [2.75, 3.05) is 39.6 Å². The van der Waals surface area contributed by atoms with E-state index in [-0.39, 0.29) is 25.7 Å². The molecule has 3 N–H and O–H groups in total. The molecule has 0 aliphatic rings. The van der Waals surface area contributed by atoms with Crippen molar-refractivity contribution in [1.29, 1.82) is 0 Å². The molecular formula is C78H152O17P2. The zero-order valence-corrected chi connectivity index (χ0v) is 65.2. The molecule has 0 bridgehead atoms. The second-order valence-electron chi connectivity index (χ2n) is 28.8. The van der Waals surface area contributed by atoms with Crippen LogP contribution >= 0.6 is 15.6 Å². The minimum atomic E-state index is -4.96. The maximum absolute atomic E-state index is 13.1. The highest BCUT2D eigenvalue weighted by Crippen LogP contribution is 2.45. The monoisotopic (exact) mass is 1420 g/mol. The third-order valence-electron chi connectivity index (χ3n) is 18.6. The predicted molar refractivity (Wildman–Crippen MR) is 395 cm³/mol. The standard InChI is InChI=1S/C78H152O17P2/c1-7-10-12-14-16-18-20-21-22-23-24-25-26-27-32-35-39-43-51-57-63-78(83)94-73(66-88-75(80)60-54-48-41-38-34-31-29-28-30-33-36-40-47-53-59-71(6)9-3)68-92-96(84,85)90-64-72(79)65-91-97(86,87)93-69-74(67-89-76(81)61-55-49-45-44-46-52-58-70(4)5)95-77(82)62-56-50-42-37-19-17-15-13-11-8-2/h70-74,79H,7-69H2,1-6H3,(H,84,85)(H,86,87)/t71?,72-,73-,74-/m1/s1. The summed E-state index contributed by atoms with van der Waals surface area (Å²) in [5, 5.41) is 10.6. The SMILES string of the molecule is CCCCCCCCCCCCCCCCCCCCCCC(=O)O[C@H](COC(=O)CCCCCCCCCCCCCCCCC(C)CC)COP(=O)(O)OC[C@@H](O)COP(=O)(O)OC[C@@H](COC(=O)CCCCCCCCC(C)C)OC(=O)CCCCCCCCCCCC. The average molecular weight is 1420 g/mol. The van der Waals surface area contributed by atoms with Crippen molar-refractivity contribution in [2.24, 2.45) is 11.8 Å². The number of hydrogen-bond acceptors (Lipinski definition) is 15. The number of ether oxygens (including phenoxy) is 4. The van der Waals surface area contributed by atoms with Gasteiger partial charge in [0.05, 0.1) is 26.4 Å². The molecule has 0 radical (unpaired) electrons. The first-order chi connectivity index (χ1) is 46.9. The smallest absolute Gasteiger partial charge is 0.462 e. The normalized spacial score (nSPS) is 14.2. The van der Waals surface area contributed by atoms with Crippen LogP contribution in [0.2, 0.25) is 0 Å². The van der Waals surface area contributed by atoms with Gasteiger partial charge in [-0.05, 0) is 37.5 Å². The molecule has 0 aliphatic carbocycles. The van der Waals surface area contributed by atoms with E-state index in [0.717, 1.165) is 102 Å². The lowest BCUT2D eigenvalue weighted by Gasteiger charge is -2.21. The average Bonchev–Trinajstić information content (AvgIpc) is 2.29. The fourth-order valence-corrected chi connectivity index (χ4v) is 13.6. The Morgan fingerprint density at radius 2 is 0.526 bits per heavy atom. The molecule has 576 valence electrons. The maximum atomic E-state index is 13.1. The van der Waals surface area contributed by atoms with Crippen LogP contribution < -0.4 is 0 Å². The number of aliphatic hydroxyl groups excluding tert-OH is 1. The minimum Gasteiger partial charge on any atom is -0.462 e. The molecule has 0 aromatic carbocycles. The number of aliphatic hydroxyl groups is 1. The highest BCUT2D eigenvalue weighted by atomic mass is 31.2. The second kappa shape index (κ2) is 69.8. The minimum absolute atomic E-state index is 0.106. The van der Waals surface area contributed by atoms with E-state index in [0.29, 0.717) is 31.6 Å². The molecule has 0 spiro atoms. The summed E-state index contributed by atoms with van der Waals surface area (Å²) in [6, 6.07) is 0. The number of unbranched alkanes of at least 4 members (excludes halogenated alkanes) is 46. The van der Waals surface area contributed by atoms with Crippen molar-refractivity contribution in [1.82, 2.24) is 0 Å². The molecule has 0 saturated carbocycles. The van der Waals surface area contributed by atoms with Crippen LogP contribution in [0.5, 0.6) is 0 Å². The summed E-state index contributed by atoms with van der Waals surface area (Å²) in [5.74, 6) is -0.586. The summed E-state index contributed by atoms with van der Waals surface area (Å²) in [5.41, 5.74) is 0. The number of esters is 4. The van der Waals surface area contributed by atoms with Crippen molar-refractivity contribution < 1.29 is 80.2 Å². The van der Waals surface area contributed by atoms with Gasteiger partial charge in [-0.3, -0.25) is 37.3 Å². The van der Waals surface area contributed by atoms with Gasteiger partial charge in [0.25, 0.3) is 0 Å². The Morgan fingerprint density at radius 3 is 0.784 bits per heavy atom. The summed E-state index contributed by atoms with van der Waals surface area (Å²) < 4.78 is 68.5. The Bertz CT molecular complexity index is 1870. The molecule has 0 aromatic heterocycles. The highest BCUT2D eigenvalue weighted by Gasteiger charge is 2.30. The number of rotatable bonds is 77. The first-order valence-electron chi connectivity index (χ1n) is 40.5. The summed E-state index contributed by atoms with van der Waals surface area (Å²) in [6.07, 6.45) is 58.5. The first-order valence-corrected chi connectivity index (χ1v) is 43.5. The predicted octanol–water partition coefficient (Wildman–Crippen LogP) is 23.1. The van der Waals surface area contributed by atoms with Crippen LogP contribution in [0.3, 0.4) is 0 Å². The van der Waals surface area contributed by atoms with Crippen molar-refractivity contribution >= 4 is 39.5 Å². The summed E-state index contributed by atoms with van der Waals surface area (Å²) >= 11 is 0. The van der Waals surface area contributed by atoms with Gasteiger partial charge >= 0.3 is 39.5 Å². The van der Waals surface area contributed by atoms with Crippen LogP contribution in [0.4, 0.5) is 0 Å². The summed E-state index contributed by atoms with van der Waals surface area (Å²) in [4.78, 5) is 72.8. The van der Waals surface area contributed by atoms with E-state index in [9.17, 15) is 43.2 Å². The van der Waals surface area contributed by atoms with Crippen molar-refractivity contribution in [2.45, 2.75) is 426 Å². The molecule has 0 saturated heterocycles. The van der Waals surface area contributed by atoms with Crippen LogP contribution in [0.1, 0.15) is 408 Å². The topological polar surface area (TPSA) is 237 Å². The van der Waals surface area contributed by atoms with E-state index in [1.54, 1.807) is 0 Å². The number of carbonyl (C=O) groups is 4. The van der Waals surface area contributed by atoms with Crippen molar-refractivity contribution in [3.8, 4) is 0 Å². The molecule has 0 aromatic rings. The third-order valence-corrected chi connectivity index (χ3v) is 20.5. The first kappa shape index (κ1) is 95.1. The van der Waals surface area contributed by atoms with Gasteiger partial charge in [-0.15, -0.1) is 0 Å². The zero-order chi connectivity index (χ0) is 71.4. The Balaban J connectivity index is 5.19. The second-order valence-corrected chi connectivity index (χ2v) is 31.7. The molecule has 6 atom stereocenters. The lowest BCUT2D eigenvalue weighted by atomic mass is 9.99. The van der Waals surface area contributed by atoms with Crippen molar-refractivity contribution in [3.05, 3.63) is 0 Å². The molecule has 0 rings (SSSR count). The van der Waals surface area contributed by atoms with E-state index in [4.69, 9.17) is 37.0 Å². The quantitative estimate of drug-likeness (QED) is 0.0222. The van der Waals surface area contributed by atoms with Crippen LogP contribution in [0.15, 0.2) is 0 Å². The number of phosphoric ester groups is 2. The van der Waals surface area contributed by atoms with E-state index in [2.05, 4.69) is 41.5 Å². The van der Waals surface area contributed by atoms with Crippen LogP contribution in [-0.4, -0.2) is 96.7 Å². The maximum Gasteiger partial charge on any atom is 0.472 e. The molecule has 97 heavy (non-hydrogen) atoms. The number of hydrogen-bond donors (Lipinski definition) is 3. The fourth-order valence-electron chi connectivity index (χ4n) is 12.0. The van der Waals surface area contributed by atoms with Crippen LogP contribution in [0, 0.1) is 11.8 Å². The van der Waals surface area contributed by atoms with E-state index in [1.807, 2.05) is 0 Å². The third kappa shape index (κ3) is 70.9. The lowest BCUT2D eigenvalue weighted by Crippen LogP contribution is -2.30. The Morgan fingerprint density at radius 1 is 0.299 bits per heavy atom. The highest BCUT2D eigenvalue weighted by molar-refractivity contribution is 7.47. The van der Waals surface area contributed by atoms with Gasteiger partial charge in [0.1, 0.15) is 19.3 Å². The number of phosphoric acid groups is 2. The van der Waals surface area contributed by atoms with Gasteiger partial charge in [0.15, 0.2) is 12.2 Å². The Labute approximate surface area is 594 Å². The lowest BCUT2D eigenvalue weighted by molar-refractivity contribution is -0.161. The van der Waals surface area contributed by atoms with Gasteiger partial charge in [-0.1, -0.05) is 356 Å².